The second-order valence-electron chi connectivity index (χ2n) is 7.81. The maximum atomic E-state index is 13.1. The molecule has 1 aromatic heterocycles. The normalized spacial score (nSPS) is 18.6. The highest BCUT2D eigenvalue weighted by atomic mass is 35.5. The topological polar surface area (TPSA) is 45.7 Å². The fraction of sp³-hybridized carbons (Fsp3) is 0.304. The van der Waals surface area contributed by atoms with Gasteiger partial charge in [0.15, 0.2) is 6.10 Å². The molecule has 0 aliphatic carbocycles. The number of amides is 1. The van der Waals surface area contributed by atoms with E-state index in [1.807, 2.05) is 22.4 Å². The number of benzene rings is 2. The van der Waals surface area contributed by atoms with Crippen LogP contribution in [-0.2, 0) is 17.8 Å². The Labute approximate surface area is 189 Å². The van der Waals surface area contributed by atoms with E-state index in [0.29, 0.717) is 24.5 Å². The third-order valence-corrected chi connectivity index (χ3v) is 6.86. The van der Waals surface area contributed by atoms with Crippen molar-refractivity contribution < 1.29 is 13.9 Å². The summed E-state index contributed by atoms with van der Waals surface area (Å²) in [6.45, 7) is 3.67. The van der Waals surface area contributed by atoms with Crippen molar-refractivity contribution in [3.05, 3.63) is 69.9 Å². The molecule has 0 spiro atoms. The van der Waals surface area contributed by atoms with Crippen molar-refractivity contribution in [2.75, 3.05) is 26.2 Å². The van der Waals surface area contributed by atoms with Crippen molar-refractivity contribution in [1.29, 1.82) is 0 Å². The summed E-state index contributed by atoms with van der Waals surface area (Å²) in [7, 11) is 0. The number of carbonyl (C=O) groups excluding carboxylic acids is 1. The van der Waals surface area contributed by atoms with E-state index < -0.39 is 6.10 Å². The lowest BCUT2D eigenvalue weighted by molar-refractivity contribution is -0.139. The number of thiazole rings is 1. The molecule has 160 valence electrons. The zero-order valence-corrected chi connectivity index (χ0v) is 18.3. The minimum Gasteiger partial charge on any atom is -0.480 e. The molecule has 2 aromatic carbocycles. The van der Waals surface area contributed by atoms with Crippen LogP contribution in [0.15, 0.2) is 47.8 Å². The van der Waals surface area contributed by atoms with Gasteiger partial charge in [-0.15, -0.1) is 11.3 Å². The summed E-state index contributed by atoms with van der Waals surface area (Å²) in [5.41, 5.74) is 2.91. The van der Waals surface area contributed by atoms with Crippen LogP contribution >= 0.6 is 22.9 Å². The van der Waals surface area contributed by atoms with E-state index in [0.717, 1.165) is 47.2 Å². The van der Waals surface area contributed by atoms with Gasteiger partial charge in [-0.05, 0) is 48.0 Å². The number of rotatable bonds is 4. The molecule has 5 nitrogen and oxygen atoms in total. The molecule has 1 fully saturated rings. The van der Waals surface area contributed by atoms with E-state index in [9.17, 15) is 9.18 Å². The maximum Gasteiger partial charge on any atom is 0.264 e. The van der Waals surface area contributed by atoms with Crippen LogP contribution in [0.25, 0.3) is 10.6 Å². The molecule has 0 radical (unpaired) electrons. The van der Waals surface area contributed by atoms with Crippen molar-refractivity contribution >= 4 is 28.8 Å². The Morgan fingerprint density at radius 1 is 1.16 bits per heavy atom. The Hall–Kier alpha value is -2.48. The smallest absolute Gasteiger partial charge is 0.264 e. The highest BCUT2D eigenvalue weighted by molar-refractivity contribution is 7.13. The van der Waals surface area contributed by atoms with E-state index in [1.165, 1.54) is 12.1 Å². The van der Waals surface area contributed by atoms with Crippen LogP contribution in [0.4, 0.5) is 4.39 Å². The van der Waals surface area contributed by atoms with E-state index in [2.05, 4.69) is 4.90 Å². The number of hydrogen-bond donors (Lipinski definition) is 0. The van der Waals surface area contributed by atoms with Gasteiger partial charge in [-0.1, -0.05) is 11.6 Å². The molecule has 8 heteroatoms. The molecule has 31 heavy (non-hydrogen) atoms. The van der Waals surface area contributed by atoms with E-state index in [1.54, 1.807) is 29.5 Å². The summed E-state index contributed by atoms with van der Waals surface area (Å²) in [6, 6.07) is 11.9. The number of piperazine rings is 1. The van der Waals surface area contributed by atoms with E-state index >= 15 is 0 Å². The highest BCUT2D eigenvalue weighted by Crippen LogP contribution is 2.32. The fourth-order valence-electron chi connectivity index (χ4n) is 4.02. The molecule has 1 atom stereocenters. The van der Waals surface area contributed by atoms with Gasteiger partial charge in [-0.3, -0.25) is 9.69 Å². The average Bonchev–Trinajstić information content (AvgIpc) is 3.41. The molecule has 0 saturated carbocycles. The van der Waals surface area contributed by atoms with Gasteiger partial charge in [0, 0.05) is 55.1 Å². The van der Waals surface area contributed by atoms with Crippen molar-refractivity contribution in [2.24, 2.45) is 0 Å². The molecule has 5 rings (SSSR count). The molecule has 0 N–H and O–H groups in total. The van der Waals surface area contributed by atoms with E-state index in [4.69, 9.17) is 21.3 Å². The predicted octanol–water partition coefficient (Wildman–Crippen LogP) is 4.25. The number of ether oxygens (including phenoxy) is 1. The average molecular weight is 458 g/mol. The zero-order chi connectivity index (χ0) is 21.4. The van der Waals surface area contributed by atoms with Crippen LogP contribution in [0.1, 0.15) is 11.3 Å². The number of carbonyl (C=O) groups is 1. The third-order valence-electron chi connectivity index (χ3n) is 5.68. The number of fused-ring (bicyclic) bond motifs is 1. The van der Waals surface area contributed by atoms with Gasteiger partial charge in [0.1, 0.15) is 16.6 Å². The first-order chi connectivity index (χ1) is 15.0. The number of aromatic nitrogens is 1. The van der Waals surface area contributed by atoms with Crippen LogP contribution in [0, 0.1) is 5.82 Å². The third kappa shape index (κ3) is 4.44. The predicted molar refractivity (Wildman–Crippen MR) is 119 cm³/mol. The van der Waals surface area contributed by atoms with Gasteiger partial charge in [0.2, 0.25) is 0 Å². The lowest BCUT2D eigenvalue weighted by atomic mass is 10.1. The molecule has 0 bridgehead atoms. The van der Waals surface area contributed by atoms with Gasteiger partial charge in [-0.25, -0.2) is 9.37 Å². The van der Waals surface area contributed by atoms with Crippen LogP contribution in [0.5, 0.6) is 5.75 Å². The fourth-order valence-corrected chi connectivity index (χ4v) is 5.03. The minimum absolute atomic E-state index is 0.0410. The molecular formula is C23H21ClFN3O2S. The molecule has 2 aliphatic heterocycles. The molecular weight excluding hydrogens is 437 g/mol. The Morgan fingerprint density at radius 2 is 1.94 bits per heavy atom. The molecule has 3 heterocycles. The quantitative estimate of drug-likeness (QED) is 0.587. The summed E-state index contributed by atoms with van der Waals surface area (Å²) >= 11 is 7.61. The van der Waals surface area contributed by atoms with Gasteiger partial charge in [-0.2, -0.15) is 0 Å². The first-order valence-electron chi connectivity index (χ1n) is 10.2. The second kappa shape index (κ2) is 8.57. The van der Waals surface area contributed by atoms with Crippen LogP contribution in [0.3, 0.4) is 0 Å². The van der Waals surface area contributed by atoms with Crippen molar-refractivity contribution in [3.63, 3.8) is 0 Å². The molecule has 3 aromatic rings. The Balaban J connectivity index is 1.14. The summed E-state index contributed by atoms with van der Waals surface area (Å²) < 4.78 is 19.0. The largest absolute Gasteiger partial charge is 0.480 e. The summed E-state index contributed by atoms with van der Waals surface area (Å²) in [5, 5.41) is 3.60. The Bertz CT molecular complexity index is 1100. The number of nitrogens with zero attached hydrogens (tertiary/aromatic N) is 3. The summed E-state index contributed by atoms with van der Waals surface area (Å²) in [4.78, 5) is 21.8. The minimum atomic E-state index is -0.461. The Morgan fingerprint density at radius 3 is 2.71 bits per heavy atom. The van der Waals surface area contributed by atoms with Gasteiger partial charge >= 0.3 is 0 Å². The van der Waals surface area contributed by atoms with Crippen molar-refractivity contribution in [2.45, 2.75) is 19.1 Å². The maximum absolute atomic E-state index is 13.1. The summed E-state index contributed by atoms with van der Waals surface area (Å²) in [5.74, 6) is 0.546. The van der Waals surface area contributed by atoms with Crippen LogP contribution < -0.4 is 4.74 Å². The number of hydrogen-bond acceptors (Lipinski definition) is 5. The monoisotopic (exact) mass is 457 g/mol. The van der Waals surface area contributed by atoms with Gasteiger partial charge < -0.3 is 9.64 Å². The summed E-state index contributed by atoms with van der Waals surface area (Å²) in [6.07, 6.45) is 0.108. The SMILES string of the molecule is O=C([C@H]1Cc2cc(Cl)ccc2O1)N1CCN(Cc2csc(-c3ccc(F)cc3)n2)CC1. The van der Waals surface area contributed by atoms with Gasteiger partial charge in [0.25, 0.3) is 5.91 Å². The second-order valence-corrected chi connectivity index (χ2v) is 9.11. The van der Waals surface area contributed by atoms with Gasteiger partial charge in [0.05, 0.1) is 5.69 Å². The Kier molecular flexibility index (Phi) is 5.65. The molecule has 0 unspecified atom stereocenters. The van der Waals surface area contributed by atoms with E-state index in [-0.39, 0.29) is 11.7 Å². The lowest BCUT2D eigenvalue weighted by Crippen LogP contribution is -2.51. The van der Waals surface area contributed by atoms with Crippen LogP contribution in [-0.4, -0.2) is 53.0 Å². The van der Waals surface area contributed by atoms with Crippen LogP contribution in [0.2, 0.25) is 5.02 Å². The zero-order valence-electron chi connectivity index (χ0n) is 16.8. The molecule has 1 amide bonds. The molecule has 2 aliphatic rings. The first kappa shape index (κ1) is 20.4. The molecule has 1 saturated heterocycles. The highest BCUT2D eigenvalue weighted by Gasteiger charge is 2.34. The standard InChI is InChI=1S/C23H21ClFN3O2S/c24-17-3-6-20-16(11-17)12-21(30-20)23(29)28-9-7-27(8-10-28)13-19-14-31-22(26-19)15-1-4-18(25)5-2-15/h1-6,11,14,21H,7-10,12-13H2/t21-/m1/s1. The number of halogens is 2. The van der Waals surface area contributed by atoms with Crippen molar-refractivity contribution in [3.8, 4) is 16.3 Å². The first-order valence-corrected chi connectivity index (χ1v) is 11.5. The lowest BCUT2D eigenvalue weighted by Gasteiger charge is -2.35. The van der Waals surface area contributed by atoms with Crippen molar-refractivity contribution in [1.82, 2.24) is 14.8 Å².